The highest BCUT2D eigenvalue weighted by atomic mass is 28.3. The van der Waals surface area contributed by atoms with Crippen LogP contribution in [-0.2, 0) is 5.41 Å². The van der Waals surface area contributed by atoms with Gasteiger partial charge in [0.1, 0.15) is 8.80 Å². The van der Waals surface area contributed by atoms with Gasteiger partial charge in [-0.1, -0.05) is 73.8 Å². The molecular weight excluding hydrogens is 196 g/mol. The van der Waals surface area contributed by atoms with Gasteiger partial charge in [0.2, 0.25) is 0 Å². The molecule has 0 aromatic heterocycles. The number of hydrogen-bond donors (Lipinski definition) is 0. The summed E-state index contributed by atoms with van der Waals surface area (Å²) in [6.07, 6.45) is 4.38. The van der Waals surface area contributed by atoms with Crippen molar-refractivity contribution in [2.75, 3.05) is 0 Å². The van der Waals surface area contributed by atoms with Gasteiger partial charge in [0, 0.05) is 0 Å². The maximum absolute atomic E-state index is 2.39. The lowest BCUT2D eigenvalue weighted by Gasteiger charge is -2.24. The summed E-state index contributed by atoms with van der Waals surface area (Å²) < 4.78 is 0. The second-order valence-corrected chi connectivity index (χ2v) is 7.58. The summed E-state index contributed by atoms with van der Waals surface area (Å²) in [7, 11) is -0.940. The Kier molecular flexibility index (Phi) is 2.66. The first kappa shape index (κ1) is 10.4. The lowest BCUT2D eigenvalue weighted by Crippen LogP contribution is -2.33. The van der Waals surface area contributed by atoms with E-state index in [1.54, 1.807) is 5.19 Å². The third-order valence-electron chi connectivity index (χ3n) is 2.88. The first-order chi connectivity index (χ1) is 7.09. The second-order valence-electron chi connectivity index (χ2n) is 5.13. The Morgan fingerprint density at radius 3 is 2.13 bits per heavy atom. The standard InChI is InChI=1S/C14H18Si/c1-14(2,3)12-8-4-5-9-13(12)15-10-6-7-11-15/h4-11,15H,1-3H3. The monoisotopic (exact) mass is 214 g/mol. The van der Waals surface area contributed by atoms with Crippen molar-refractivity contribution >= 4 is 14.0 Å². The maximum atomic E-state index is 2.39. The van der Waals surface area contributed by atoms with Crippen LogP contribution in [0.25, 0.3) is 0 Å². The van der Waals surface area contributed by atoms with Gasteiger partial charge in [-0.2, -0.15) is 0 Å². The molecule has 0 aliphatic carbocycles. The minimum atomic E-state index is -0.940. The first-order valence-electron chi connectivity index (χ1n) is 5.53. The number of hydrogen-bond acceptors (Lipinski definition) is 0. The molecule has 15 heavy (non-hydrogen) atoms. The lowest BCUT2D eigenvalue weighted by molar-refractivity contribution is 0.594. The summed E-state index contributed by atoms with van der Waals surface area (Å²) in [5.74, 6) is 0. The molecule has 0 nitrogen and oxygen atoms in total. The molecule has 1 aliphatic rings. The third kappa shape index (κ3) is 2.12. The highest BCUT2D eigenvalue weighted by Crippen LogP contribution is 2.21. The molecule has 0 saturated carbocycles. The molecule has 0 N–H and O–H groups in total. The van der Waals surface area contributed by atoms with E-state index in [0.29, 0.717) is 0 Å². The quantitative estimate of drug-likeness (QED) is 0.630. The Hall–Kier alpha value is -1.08. The smallest absolute Gasteiger partial charge is 0.0893 e. The fourth-order valence-electron chi connectivity index (χ4n) is 2.11. The van der Waals surface area contributed by atoms with E-state index in [2.05, 4.69) is 68.6 Å². The molecule has 0 atom stereocenters. The van der Waals surface area contributed by atoms with Crippen LogP contribution >= 0.6 is 0 Å². The molecule has 0 bridgehead atoms. The van der Waals surface area contributed by atoms with Crippen molar-refractivity contribution in [2.24, 2.45) is 0 Å². The van der Waals surface area contributed by atoms with Crippen LogP contribution in [-0.4, -0.2) is 8.80 Å². The van der Waals surface area contributed by atoms with Crippen molar-refractivity contribution in [3.05, 3.63) is 53.4 Å². The van der Waals surface area contributed by atoms with Crippen LogP contribution in [0.2, 0.25) is 0 Å². The summed E-state index contributed by atoms with van der Waals surface area (Å²) in [6.45, 7) is 6.88. The first-order valence-corrected chi connectivity index (χ1v) is 7.44. The molecule has 0 fully saturated rings. The zero-order valence-electron chi connectivity index (χ0n) is 9.70. The summed E-state index contributed by atoms with van der Waals surface area (Å²) in [4.78, 5) is 0. The minimum absolute atomic E-state index is 0.258. The van der Waals surface area contributed by atoms with Crippen LogP contribution in [0.4, 0.5) is 0 Å². The van der Waals surface area contributed by atoms with Gasteiger partial charge in [-0.25, -0.2) is 0 Å². The van der Waals surface area contributed by atoms with Gasteiger partial charge < -0.3 is 0 Å². The Labute approximate surface area is 93.9 Å². The largest absolute Gasteiger partial charge is 0.118 e. The van der Waals surface area contributed by atoms with Crippen LogP contribution in [0.3, 0.4) is 0 Å². The number of allylic oxidation sites excluding steroid dienone is 2. The zero-order chi connectivity index (χ0) is 10.9. The van der Waals surface area contributed by atoms with Crippen LogP contribution < -0.4 is 5.19 Å². The van der Waals surface area contributed by atoms with Gasteiger partial charge in [-0.05, 0) is 11.0 Å². The van der Waals surface area contributed by atoms with Gasteiger partial charge in [-0.3, -0.25) is 0 Å². The number of rotatable bonds is 1. The summed E-state index contributed by atoms with van der Waals surface area (Å²) in [6, 6.07) is 8.90. The van der Waals surface area contributed by atoms with Gasteiger partial charge in [0.15, 0.2) is 0 Å². The second kappa shape index (κ2) is 3.82. The predicted molar refractivity (Wildman–Crippen MR) is 70.2 cm³/mol. The van der Waals surface area contributed by atoms with E-state index in [0.717, 1.165) is 0 Å². The SMILES string of the molecule is CC(C)(C)c1ccccc1[SiH]1C=CC=C1. The highest BCUT2D eigenvalue weighted by Gasteiger charge is 2.21. The Morgan fingerprint density at radius 1 is 0.933 bits per heavy atom. The van der Waals surface area contributed by atoms with Crippen LogP contribution in [0.1, 0.15) is 26.3 Å². The normalized spacial score (nSPS) is 16.2. The molecule has 1 aromatic carbocycles. The summed E-state index contributed by atoms with van der Waals surface area (Å²) >= 11 is 0. The fraction of sp³-hybridized carbons (Fsp3) is 0.286. The fourth-order valence-corrected chi connectivity index (χ4v) is 4.61. The molecule has 1 heteroatoms. The molecule has 1 aliphatic heterocycles. The highest BCUT2D eigenvalue weighted by molar-refractivity contribution is 6.83. The average Bonchev–Trinajstić information content (AvgIpc) is 2.69. The van der Waals surface area contributed by atoms with Crippen molar-refractivity contribution in [1.29, 1.82) is 0 Å². The van der Waals surface area contributed by atoms with E-state index >= 15 is 0 Å². The van der Waals surface area contributed by atoms with Crippen molar-refractivity contribution in [3.8, 4) is 0 Å². The van der Waals surface area contributed by atoms with E-state index in [4.69, 9.17) is 0 Å². The maximum Gasteiger partial charge on any atom is 0.118 e. The molecule has 0 radical (unpaired) electrons. The van der Waals surface area contributed by atoms with Crippen LogP contribution in [0.5, 0.6) is 0 Å². The van der Waals surface area contributed by atoms with Gasteiger partial charge in [0.25, 0.3) is 0 Å². The molecule has 0 unspecified atom stereocenters. The van der Waals surface area contributed by atoms with Gasteiger partial charge >= 0.3 is 0 Å². The molecular formula is C14H18Si. The summed E-state index contributed by atoms with van der Waals surface area (Å²) in [5.41, 5.74) is 6.56. The van der Waals surface area contributed by atoms with Crippen molar-refractivity contribution < 1.29 is 0 Å². The number of benzene rings is 1. The average molecular weight is 214 g/mol. The van der Waals surface area contributed by atoms with E-state index in [9.17, 15) is 0 Å². The molecule has 0 amide bonds. The van der Waals surface area contributed by atoms with Crippen molar-refractivity contribution in [2.45, 2.75) is 26.2 Å². The predicted octanol–water partition coefficient (Wildman–Crippen LogP) is 2.62. The van der Waals surface area contributed by atoms with E-state index in [1.165, 1.54) is 5.56 Å². The van der Waals surface area contributed by atoms with E-state index in [-0.39, 0.29) is 5.41 Å². The Balaban J connectivity index is 2.47. The van der Waals surface area contributed by atoms with Crippen LogP contribution in [0.15, 0.2) is 47.8 Å². The molecule has 1 aromatic rings. The molecule has 78 valence electrons. The molecule has 0 spiro atoms. The van der Waals surface area contributed by atoms with Crippen molar-refractivity contribution in [1.82, 2.24) is 0 Å². The zero-order valence-corrected chi connectivity index (χ0v) is 10.9. The molecule has 0 saturated heterocycles. The molecule has 1 heterocycles. The topological polar surface area (TPSA) is 0 Å². The third-order valence-corrected chi connectivity index (χ3v) is 5.37. The lowest BCUT2D eigenvalue weighted by atomic mass is 9.87. The summed E-state index contributed by atoms with van der Waals surface area (Å²) in [5, 5.41) is 1.58. The van der Waals surface area contributed by atoms with Crippen molar-refractivity contribution in [3.63, 3.8) is 0 Å². The minimum Gasteiger partial charge on any atom is -0.0893 e. The molecule has 2 rings (SSSR count). The Morgan fingerprint density at radius 2 is 1.53 bits per heavy atom. The Bertz CT molecular complexity index is 396. The van der Waals surface area contributed by atoms with Gasteiger partial charge in [-0.15, -0.1) is 0 Å². The van der Waals surface area contributed by atoms with Gasteiger partial charge in [0.05, 0.1) is 0 Å². The van der Waals surface area contributed by atoms with E-state index < -0.39 is 8.80 Å². The van der Waals surface area contributed by atoms with E-state index in [1.807, 2.05) is 0 Å². The van der Waals surface area contributed by atoms with Crippen LogP contribution in [0, 0.1) is 0 Å².